The molecular formula is C11H17NO. The lowest BCUT2D eigenvalue weighted by molar-refractivity contribution is 0.362. The number of hydrogen-bond acceptors (Lipinski definition) is 2. The van der Waals surface area contributed by atoms with Gasteiger partial charge in [0.15, 0.2) is 0 Å². The first kappa shape index (κ1) is 8.79. The van der Waals surface area contributed by atoms with Gasteiger partial charge < -0.3 is 4.52 Å². The molecule has 0 aromatic carbocycles. The Kier molecular flexibility index (Phi) is 1.94. The maximum Gasteiger partial charge on any atom is 0.127 e. The summed E-state index contributed by atoms with van der Waals surface area (Å²) in [5, 5.41) is 4.13. The molecule has 72 valence electrons. The van der Waals surface area contributed by atoms with Gasteiger partial charge in [0, 0.05) is 11.5 Å². The molecule has 2 nitrogen and oxygen atoms in total. The molecule has 0 bridgehead atoms. The summed E-state index contributed by atoms with van der Waals surface area (Å²) in [6.07, 6.45) is 5.74. The van der Waals surface area contributed by atoms with Crippen molar-refractivity contribution < 1.29 is 4.52 Å². The lowest BCUT2D eigenvalue weighted by Crippen LogP contribution is -2.18. The summed E-state index contributed by atoms with van der Waals surface area (Å²) in [5.74, 6) is 0.674. The smallest absolute Gasteiger partial charge is 0.127 e. The van der Waals surface area contributed by atoms with Crippen molar-refractivity contribution in [1.29, 1.82) is 0 Å². The molecule has 1 aromatic heterocycles. The van der Waals surface area contributed by atoms with E-state index in [9.17, 15) is 0 Å². The molecule has 0 saturated heterocycles. The standard InChI is InChI=1S/C11H17NO/c1-11(2,3)9-7-13-12-10(9)8-5-4-6-8/h7-8H,4-6H2,1-3H3. The summed E-state index contributed by atoms with van der Waals surface area (Å²) in [4.78, 5) is 0. The second kappa shape index (κ2) is 2.86. The summed E-state index contributed by atoms with van der Waals surface area (Å²) in [7, 11) is 0. The highest BCUT2D eigenvalue weighted by Gasteiger charge is 2.29. The van der Waals surface area contributed by atoms with E-state index in [1.165, 1.54) is 30.5 Å². The van der Waals surface area contributed by atoms with Crippen LogP contribution in [0.3, 0.4) is 0 Å². The zero-order chi connectivity index (χ0) is 9.47. The maximum absolute atomic E-state index is 5.08. The van der Waals surface area contributed by atoms with Crippen molar-refractivity contribution in [3.8, 4) is 0 Å². The Labute approximate surface area is 79.3 Å². The van der Waals surface area contributed by atoms with Crippen molar-refractivity contribution in [2.45, 2.75) is 51.4 Å². The molecule has 13 heavy (non-hydrogen) atoms. The number of nitrogens with zero attached hydrogens (tertiary/aromatic N) is 1. The van der Waals surface area contributed by atoms with Gasteiger partial charge in [-0.3, -0.25) is 0 Å². The van der Waals surface area contributed by atoms with Gasteiger partial charge in [-0.15, -0.1) is 0 Å². The summed E-state index contributed by atoms with van der Waals surface area (Å²) in [5.41, 5.74) is 2.67. The molecule has 1 heterocycles. The average molecular weight is 179 g/mol. The van der Waals surface area contributed by atoms with Gasteiger partial charge in [-0.2, -0.15) is 0 Å². The van der Waals surface area contributed by atoms with Crippen molar-refractivity contribution >= 4 is 0 Å². The van der Waals surface area contributed by atoms with Crippen molar-refractivity contribution in [2.24, 2.45) is 0 Å². The molecule has 1 aliphatic rings. The predicted octanol–water partition coefficient (Wildman–Crippen LogP) is 3.24. The molecule has 0 unspecified atom stereocenters. The van der Waals surface area contributed by atoms with Gasteiger partial charge in [-0.1, -0.05) is 32.3 Å². The molecule has 0 atom stereocenters. The minimum atomic E-state index is 0.172. The fourth-order valence-electron chi connectivity index (χ4n) is 1.78. The molecule has 1 fully saturated rings. The highest BCUT2D eigenvalue weighted by molar-refractivity contribution is 5.27. The van der Waals surface area contributed by atoms with Crippen LogP contribution >= 0.6 is 0 Å². The Morgan fingerprint density at radius 3 is 2.54 bits per heavy atom. The zero-order valence-corrected chi connectivity index (χ0v) is 8.63. The summed E-state index contributed by atoms with van der Waals surface area (Å²) in [6.45, 7) is 6.63. The minimum absolute atomic E-state index is 0.172. The van der Waals surface area contributed by atoms with E-state index in [4.69, 9.17) is 4.52 Å². The van der Waals surface area contributed by atoms with Gasteiger partial charge in [0.25, 0.3) is 0 Å². The highest BCUT2D eigenvalue weighted by atomic mass is 16.5. The van der Waals surface area contributed by atoms with Crippen LogP contribution in [0.5, 0.6) is 0 Å². The van der Waals surface area contributed by atoms with Crippen LogP contribution in [0.2, 0.25) is 0 Å². The SMILES string of the molecule is CC(C)(C)c1conc1C1CCC1. The van der Waals surface area contributed by atoms with E-state index in [2.05, 4.69) is 25.9 Å². The first-order chi connectivity index (χ1) is 6.09. The molecule has 1 aliphatic carbocycles. The van der Waals surface area contributed by atoms with Crippen LogP contribution in [-0.2, 0) is 5.41 Å². The summed E-state index contributed by atoms with van der Waals surface area (Å²) < 4.78 is 5.08. The number of rotatable bonds is 1. The van der Waals surface area contributed by atoms with Crippen molar-refractivity contribution in [3.05, 3.63) is 17.5 Å². The second-order valence-electron chi connectivity index (χ2n) is 4.99. The van der Waals surface area contributed by atoms with Gasteiger partial charge in [-0.25, -0.2) is 0 Å². The number of aromatic nitrogens is 1. The van der Waals surface area contributed by atoms with Gasteiger partial charge >= 0.3 is 0 Å². The van der Waals surface area contributed by atoms with Crippen LogP contribution in [0, 0.1) is 0 Å². The third-order valence-corrected chi connectivity index (χ3v) is 2.90. The minimum Gasteiger partial charge on any atom is -0.364 e. The first-order valence-corrected chi connectivity index (χ1v) is 5.04. The number of hydrogen-bond donors (Lipinski definition) is 0. The Hall–Kier alpha value is -0.790. The summed E-state index contributed by atoms with van der Waals surface area (Å²) >= 11 is 0. The van der Waals surface area contributed by atoms with Crippen molar-refractivity contribution in [2.75, 3.05) is 0 Å². The van der Waals surface area contributed by atoms with Crippen LogP contribution in [0.15, 0.2) is 10.8 Å². The lowest BCUT2D eigenvalue weighted by Gasteiger charge is -2.27. The van der Waals surface area contributed by atoms with Crippen molar-refractivity contribution in [1.82, 2.24) is 5.16 Å². The fraction of sp³-hybridized carbons (Fsp3) is 0.727. The van der Waals surface area contributed by atoms with E-state index in [-0.39, 0.29) is 5.41 Å². The average Bonchev–Trinajstić information content (AvgIpc) is 2.29. The maximum atomic E-state index is 5.08. The highest BCUT2D eigenvalue weighted by Crippen LogP contribution is 2.40. The molecule has 0 amide bonds. The monoisotopic (exact) mass is 179 g/mol. The van der Waals surface area contributed by atoms with E-state index < -0.39 is 0 Å². The Morgan fingerprint density at radius 2 is 2.08 bits per heavy atom. The second-order valence-corrected chi connectivity index (χ2v) is 4.99. The molecular weight excluding hydrogens is 162 g/mol. The third-order valence-electron chi connectivity index (χ3n) is 2.90. The molecule has 0 N–H and O–H groups in total. The van der Waals surface area contributed by atoms with Gasteiger partial charge in [0.05, 0.1) is 5.69 Å². The van der Waals surface area contributed by atoms with E-state index >= 15 is 0 Å². The van der Waals surface area contributed by atoms with Crippen LogP contribution in [-0.4, -0.2) is 5.16 Å². The Balaban J connectivity index is 2.30. The van der Waals surface area contributed by atoms with Crippen LogP contribution < -0.4 is 0 Å². The van der Waals surface area contributed by atoms with E-state index in [1.807, 2.05) is 6.26 Å². The third kappa shape index (κ3) is 1.50. The molecule has 1 aromatic rings. The fourth-order valence-corrected chi connectivity index (χ4v) is 1.78. The van der Waals surface area contributed by atoms with Gasteiger partial charge in [0.1, 0.15) is 6.26 Å². The predicted molar refractivity (Wildman–Crippen MR) is 51.8 cm³/mol. The molecule has 0 radical (unpaired) electrons. The van der Waals surface area contributed by atoms with Crippen LogP contribution in [0.25, 0.3) is 0 Å². The largest absolute Gasteiger partial charge is 0.364 e. The van der Waals surface area contributed by atoms with Crippen LogP contribution in [0.4, 0.5) is 0 Å². The van der Waals surface area contributed by atoms with Crippen molar-refractivity contribution in [3.63, 3.8) is 0 Å². The molecule has 0 spiro atoms. The Morgan fingerprint density at radius 1 is 1.38 bits per heavy atom. The molecule has 2 heteroatoms. The summed E-state index contributed by atoms with van der Waals surface area (Å²) in [6, 6.07) is 0. The van der Waals surface area contributed by atoms with E-state index in [0.717, 1.165) is 0 Å². The molecule has 2 rings (SSSR count). The lowest BCUT2D eigenvalue weighted by atomic mass is 9.77. The van der Waals surface area contributed by atoms with E-state index in [0.29, 0.717) is 5.92 Å². The van der Waals surface area contributed by atoms with E-state index in [1.54, 1.807) is 0 Å². The first-order valence-electron chi connectivity index (χ1n) is 5.04. The molecule has 1 saturated carbocycles. The zero-order valence-electron chi connectivity index (χ0n) is 8.63. The quantitative estimate of drug-likeness (QED) is 0.661. The van der Waals surface area contributed by atoms with Gasteiger partial charge in [0.2, 0.25) is 0 Å². The van der Waals surface area contributed by atoms with Crippen LogP contribution in [0.1, 0.15) is 57.2 Å². The topological polar surface area (TPSA) is 26.0 Å². The normalized spacial score (nSPS) is 18.7. The Bertz CT molecular complexity index is 291. The van der Waals surface area contributed by atoms with Gasteiger partial charge in [-0.05, 0) is 18.3 Å². The molecule has 0 aliphatic heterocycles.